The van der Waals surface area contributed by atoms with Crippen LogP contribution in [0.1, 0.15) is 36.0 Å². The maximum atomic E-state index is 13.2. The maximum Gasteiger partial charge on any atom is 0.255 e. The van der Waals surface area contributed by atoms with E-state index in [1.54, 1.807) is 0 Å². The Balaban J connectivity index is 1.71. The summed E-state index contributed by atoms with van der Waals surface area (Å²) in [6.07, 6.45) is 6.95. The lowest BCUT2D eigenvalue weighted by Crippen LogP contribution is -2.40. The Kier molecular flexibility index (Phi) is 3.96. The van der Waals surface area contributed by atoms with Crippen molar-refractivity contribution < 1.29 is 9.18 Å². The summed E-state index contributed by atoms with van der Waals surface area (Å²) < 4.78 is 13.2. The van der Waals surface area contributed by atoms with Crippen LogP contribution in [0.25, 0.3) is 0 Å². The Morgan fingerprint density at radius 1 is 1.30 bits per heavy atom. The SMILES string of the molecule is O=C(c1cncc(F)c1)N(CC1CCNCC1)C1CC1. The van der Waals surface area contributed by atoms with Crippen LogP contribution in [-0.4, -0.2) is 41.5 Å². The van der Waals surface area contributed by atoms with Crippen LogP contribution < -0.4 is 5.32 Å². The van der Waals surface area contributed by atoms with Gasteiger partial charge in [-0.05, 0) is 50.8 Å². The van der Waals surface area contributed by atoms with Crippen LogP contribution in [0, 0.1) is 11.7 Å². The molecule has 3 rings (SSSR count). The summed E-state index contributed by atoms with van der Waals surface area (Å²) in [5.41, 5.74) is 0.367. The summed E-state index contributed by atoms with van der Waals surface area (Å²) in [5, 5.41) is 3.34. The van der Waals surface area contributed by atoms with Crippen molar-refractivity contribution in [1.82, 2.24) is 15.2 Å². The van der Waals surface area contributed by atoms with E-state index in [2.05, 4.69) is 10.3 Å². The van der Waals surface area contributed by atoms with Gasteiger partial charge in [-0.15, -0.1) is 0 Å². The lowest BCUT2D eigenvalue weighted by Gasteiger charge is -2.30. The van der Waals surface area contributed by atoms with Gasteiger partial charge in [0.25, 0.3) is 5.91 Å². The highest BCUT2D eigenvalue weighted by Crippen LogP contribution is 2.30. The van der Waals surface area contributed by atoms with Crippen LogP contribution in [0.5, 0.6) is 0 Å². The van der Waals surface area contributed by atoms with E-state index in [0.29, 0.717) is 17.5 Å². The van der Waals surface area contributed by atoms with Gasteiger partial charge in [-0.2, -0.15) is 0 Å². The van der Waals surface area contributed by atoms with E-state index in [1.165, 1.54) is 12.3 Å². The van der Waals surface area contributed by atoms with Crippen LogP contribution in [0.4, 0.5) is 4.39 Å². The lowest BCUT2D eigenvalue weighted by atomic mass is 9.97. The van der Waals surface area contributed by atoms with E-state index in [9.17, 15) is 9.18 Å². The second-order valence-corrected chi connectivity index (χ2v) is 5.77. The van der Waals surface area contributed by atoms with Crippen LogP contribution in [0.15, 0.2) is 18.5 Å². The summed E-state index contributed by atoms with van der Waals surface area (Å²) in [5.74, 6) is 0.0359. The highest BCUT2D eigenvalue weighted by atomic mass is 19.1. The Morgan fingerprint density at radius 2 is 2.05 bits per heavy atom. The summed E-state index contributed by atoms with van der Waals surface area (Å²) >= 11 is 0. The molecule has 0 spiro atoms. The van der Waals surface area contributed by atoms with Crippen molar-refractivity contribution in [2.45, 2.75) is 31.7 Å². The molecule has 0 unspecified atom stereocenters. The molecule has 1 aromatic heterocycles. The molecule has 5 heteroatoms. The van der Waals surface area contributed by atoms with E-state index in [-0.39, 0.29) is 5.91 Å². The topological polar surface area (TPSA) is 45.2 Å². The van der Waals surface area contributed by atoms with E-state index < -0.39 is 5.82 Å². The normalized spacial score (nSPS) is 19.9. The van der Waals surface area contributed by atoms with Gasteiger partial charge in [-0.3, -0.25) is 9.78 Å². The monoisotopic (exact) mass is 277 g/mol. The zero-order valence-corrected chi connectivity index (χ0v) is 11.5. The first-order valence-corrected chi connectivity index (χ1v) is 7.36. The number of piperidine rings is 1. The first-order valence-electron chi connectivity index (χ1n) is 7.36. The van der Waals surface area contributed by atoms with Gasteiger partial charge in [0.05, 0.1) is 11.8 Å². The molecule has 0 atom stereocenters. The van der Waals surface area contributed by atoms with Crippen LogP contribution in [0.2, 0.25) is 0 Å². The Hall–Kier alpha value is -1.49. The maximum absolute atomic E-state index is 13.2. The predicted octanol–water partition coefficient (Wildman–Crippen LogP) is 1.82. The second kappa shape index (κ2) is 5.87. The van der Waals surface area contributed by atoms with Crippen molar-refractivity contribution in [2.75, 3.05) is 19.6 Å². The van der Waals surface area contributed by atoms with Gasteiger partial charge in [0, 0.05) is 18.8 Å². The standard InChI is InChI=1S/C15H20FN3O/c16-13-7-12(8-18-9-13)15(20)19(14-1-2-14)10-11-3-5-17-6-4-11/h7-9,11,14,17H,1-6,10H2. The van der Waals surface area contributed by atoms with Crippen LogP contribution in [-0.2, 0) is 0 Å². The number of amides is 1. The molecule has 2 fully saturated rings. The molecule has 0 radical (unpaired) electrons. The van der Waals surface area contributed by atoms with E-state index in [0.717, 1.165) is 51.5 Å². The fraction of sp³-hybridized carbons (Fsp3) is 0.600. The summed E-state index contributed by atoms with van der Waals surface area (Å²) in [6, 6.07) is 1.63. The molecule has 1 aromatic rings. The fourth-order valence-corrected chi connectivity index (χ4v) is 2.82. The van der Waals surface area contributed by atoms with Crippen LogP contribution >= 0.6 is 0 Å². The molecule has 1 aliphatic carbocycles. The highest BCUT2D eigenvalue weighted by Gasteiger charge is 2.34. The number of nitrogens with zero attached hydrogens (tertiary/aromatic N) is 2. The lowest BCUT2D eigenvalue weighted by molar-refractivity contribution is 0.0700. The number of rotatable bonds is 4. The van der Waals surface area contributed by atoms with Gasteiger partial charge in [0.1, 0.15) is 5.82 Å². The van der Waals surface area contributed by atoms with Crippen molar-refractivity contribution in [3.8, 4) is 0 Å². The molecular weight excluding hydrogens is 257 g/mol. The number of hydrogen-bond acceptors (Lipinski definition) is 3. The predicted molar refractivity (Wildman–Crippen MR) is 73.8 cm³/mol. The first-order chi connectivity index (χ1) is 9.74. The molecule has 1 amide bonds. The summed E-state index contributed by atoms with van der Waals surface area (Å²) in [4.78, 5) is 18.3. The fourth-order valence-electron chi connectivity index (χ4n) is 2.82. The third kappa shape index (κ3) is 3.15. The molecule has 108 valence electrons. The van der Waals surface area contributed by atoms with E-state index in [4.69, 9.17) is 0 Å². The van der Waals surface area contributed by atoms with Gasteiger partial charge in [-0.1, -0.05) is 0 Å². The number of nitrogens with one attached hydrogen (secondary N) is 1. The zero-order valence-electron chi connectivity index (χ0n) is 11.5. The van der Waals surface area contributed by atoms with Crippen molar-refractivity contribution in [3.63, 3.8) is 0 Å². The van der Waals surface area contributed by atoms with Crippen LogP contribution in [0.3, 0.4) is 0 Å². The van der Waals surface area contributed by atoms with Gasteiger partial charge in [0.2, 0.25) is 0 Å². The summed E-state index contributed by atoms with van der Waals surface area (Å²) in [7, 11) is 0. The molecule has 0 bridgehead atoms. The van der Waals surface area contributed by atoms with Crippen molar-refractivity contribution in [2.24, 2.45) is 5.92 Å². The Bertz CT molecular complexity index is 484. The number of hydrogen-bond donors (Lipinski definition) is 1. The molecule has 1 saturated heterocycles. The Labute approximate surface area is 118 Å². The molecule has 1 N–H and O–H groups in total. The Morgan fingerprint density at radius 3 is 2.70 bits per heavy atom. The van der Waals surface area contributed by atoms with Gasteiger partial charge >= 0.3 is 0 Å². The number of carbonyl (C=O) groups is 1. The minimum atomic E-state index is -0.450. The number of pyridine rings is 1. The third-order valence-electron chi connectivity index (χ3n) is 4.11. The molecule has 2 aliphatic rings. The van der Waals surface area contributed by atoms with Crippen molar-refractivity contribution in [3.05, 3.63) is 29.8 Å². The van der Waals surface area contributed by atoms with Crippen molar-refractivity contribution in [1.29, 1.82) is 0 Å². The highest BCUT2D eigenvalue weighted by molar-refractivity contribution is 5.94. The van der Waals surface area contributed by atoms with E-state index in [1.807, 2.05) is 4.90 Å². The first kappa shape index (κ1) is 13.5. The average Bonchev–Trinajstić information content (AvgIpc) is 3.30. The van der Waals surface area contributed by atoms with Gasteiger partial charge in [0.15, 0.2) is 0 Å². The molecular formula is C15H20FN3O. The zero-order chi connectivity index (χ0) is 13.9. The third-order valence-corrected chi connectivity index (χ3v) is 4.11. The molecule has 4 nitrogen and oxygen atoms in total. The largest absolute Gasteiger partial charge is 0.335 e. The minimum Gasteiger partial charge on any atom is -0.335 e. The molecule has 20 heavy (non-hydrogen) atoms. The van der Waals surface area contributed by atoms with Gasteiger partial charge < -0.3 is 10.2 Å². The number of halogens is 1. The van der Waals surface area contributed by atoms with Gasteiger partial charge in [-0.25, -0.2) is 4.39 Å². The molecule has 2 heterocycles. The van der Waals surface area contributed by atoms with E-state index >= 15 is 0 Å². The smallest absolute Gasteiger partial charge is 0.255 e. The molecule has 1 saturated carbocycles. The average molecular weight is 277 g/mol. The second-order valence-electron chi connectivity index (χ2n) is 5.77. The quantitative estimate of drug-likeness (QED) is 0.913. The molecule has 0 aromatic carbocycles. The number of aromatic nitrogens is 1. The number of carbonyl (C=O) groups excluding carboxylic acids is 1. The minimum absolute atomic E-state index is 0.0713. The molecule has 1 aliphatic heterocycles. The van der Waals surface area contributed by atoms with Crippen molar-refractivity contribution >= 4 is 5.91 Å². The summed E-state index contributed by atoms with van der Waals surface area (Å²) in [6.45, 7) is 2.85.